The van der Waals surface area contributed by atoms with E-state index in [1.54, 1.807) is 0 Å². The number of rotatable bonds is 11. The number of ether oxygens (including phenoxy) is 2. The maximum absolute atomic E-state index is 12.5. The third-order valence-electron chi connectivity index (χ3n) is 5.66. The third kappa shape index (κ3) is 7.68. The summed E-state index contributed by atoms with van der Waals surface area (Å²) in [6.45, 7) is -3.13. The number of aliphatic hydroxyl groups excluding tert-OH is 6. The largest absolute Gasteiger partial charge is 0.483 e. The van der Waals surface area contributed by atoms with Crippen molar-refractivity contribution >= 4 is 21.6 Å². The van der Waals surface area contributed by atoms with Gasteiger partial charge in [0.15, 0.2) is 12.5 Å². The first-order valence-electron chi connectivity index (χ1n) is 11.1. The van der Waals surface area contributed by atoms with Crippen molar-refractivity contribution < 1.29 is 77.2 Å². The molecule has 0 radical (unpaired) electrons. The van der Waals surface area contributed by atoms with Gasteiger partial charge in [-0.05, 0) is 0 Å². The van der Waals surface area contributed by atoms with Crippen molar-refractivity contribution in [2.24, 2.45) is 0 Å². The molecule has 10 N–H and O–H groups in total. The summed E-state index contributed by atoms with van der Waals surface area (Å²) in [7, 11) is -11.3. The molecular formula is C17H27N3O18P2. The van der Waals surface area contributed by atoms with Gasteiger partial charge in [-0.15, -0.1) is 0 Å². The van der Waals surface area contributed by atoms with Crippen LogP contribution in [-0.2, 0) is 36.8 Å². The standard InChI is InChI=1S/C17H27N3O18P2/c21-3-6-11(25)13(27)10(18-9(24)4-22)16(36-6)37-40(32,33)38-39(30,31)34-5-7-12(26)14(28)15(35-7)20-2-1-8(23)19-17(20)29/h1-2,6-7,10-16,21-22,25-28H,3-5H2,(H,18,24)(H,30,31)(H,32,33)(H,19,23,29)/t6-,7-,10+,11-,12-,13-,14-,15-,16-/m1/s1. The highest BCUT2D eigenvalue weighted by Crippen LogP contribution is 2.61. The number of carbonyl (C=O) groups excluding carboxylic acids is 1. The van der Waals surface area contributed by atoms with E-state index < -0.39 is 108 Å². The molecule has 1 amide bonds. The van der Waals surface area contributed by atoms with Crippen LogP contribution in [0, 0.1) is 0 Å². The van der Waals surface area contributed by atoms with Gasteiger partial charge in [-0.25, -0.2) is 13.9 Å². The zero-order valence-corrected chi connectivity index (χ0v) is 21.8. The topological polar surface area (TPSA) is 326 Å². The number of hydrogen-bond acceptors (Lipinski definition) is 16. The van der Waals surface area contributed by atoms with E-state index in [2.05, 4.69) is 13.4 Å². The number of phosphoric acid groups is 2. The van der Waals surface area contributed by atoms with Gasteiger partial charge in [0.1, 0.15) is 49.3 Å². The van der Waals surface area contributed by atoms with Gasteiger partial charge in [0.2, 0.25) is 5.91 Å². The minimum Gasteiger partial charge on any atom is -0.394 e. The molecule has 21 nitrogen and oxygen atoms in total. The molecule has 1 aromatic rings. The van der Waals surface area contributed by atoms with Crippen molar-refractivity contribution in [3.05, 3.63) is 33.1 Å². The molecule has 0 aromatic carbocycles. The van der Waals surface area contributed by atoms with E-state index in [1.807, 2.05) is 10.3 Å². The Hall–Kier alpha value is -1.91. The highest BCUT2D eigenvalue weighted by Gasteiger charge is 2.50. The number of H-pyrrole nitrogens is 1. The lowest BCUT2D eigenvalue weighted by molar-refractivity contribution is -0.248. The quantitative estimate of drug-likeness (QED) is 0.103. The molecule has 2 aliphatic rings. The number of aromatic amines is 1. The predicted octanol–water partition coefficient (Wildman–Crippen LogP) is -5.68. The Balaban J connectivity index is 1.66. The number of phosphoric ester groups is 2. The van der Waals surface area contributed by atoms with Crippen LogP contribution in [0.15, 0.2) is 21.9 Å². The summed E-state index contributed by atoms with van der Waals surface area (Å²) in [5.74, 6) is -1.15. The molecule has 3 rings (SSSR count). The number of nitrogens with one attached hydrogen (secondary N) is 2. The Morgan fingerprint density at radius 3 is 2.25 bits per heavy atom. The SMILES string of the molecule is O=C(CO)N[C@@H]1[C@@H](OP(=O)(O)OP(=O)(O)OC[C@H]2O[C@@H](n3ccc(=O)[nH]c3=O)[C@H](O)[C@@H]2O)O[C@H](CO)[C@@H](O)[C@@H]1O. The van der Waals surface area contributed by atoms with Crippen LogP contribution in [0.5, 0.6) is 0 Å². The second-order valence-corrected chi connectivity index (χ2v) is 11.4. The Bertz CT molecular complexity index is 1260. The molecule has 0 aliphatic carbocycles. The van der Waals surface area contributed by atoms with E-state index in [9.17, 15) is 58.8 Å². The Morgan fingerprint density at radius 1 is 1.00 bits per heavy atom. The molecule has 228 valence electrons. The average molecular weight is 623 g/mol. The summed E-state index contributed by atoms with van der Waals surface area (Å²) in [6.07, 6.45) is -13.5. The van der Waals surface area contributed by atoms with Crippen LogP contribution in [0.25, 0.3) is 0 Å². The van der Waals surface area contributed by atoms with Crippen LogP contribution in [0.2, 0.25) is 0 Å². The molecule has 40 heavy (non-hydrogen) atoms. The minimum absolute atomic E-state index is 0.710. The zero-order chi connectivity index (χ0) is 30.0. The van der Waals surface area contributed by atoms with Crippen LogP contribution >= 0.6 is 15.6 Å². The number of aromatic nitrogens is 2. The second-order valence-electron chi connectivity index (χ2n) is 8.44. The minimum atomic E-state index is -5.70. The number of hydrogen-bond donors (Lipinski definition) is 10. The first-order chi connectivity index (χ1) is 18.6. The zero-order valence-electron chi connectivity index (χ0n) is 20.0. The van der Waals surface area contributed by atoms with Gasteiger partial charge in [0, 0.05) is 12.3 Å². The Kier molecular flexibility index (Phi) is 10.6. The lowest BCUT2D eigenvalue weighted by Crippen LogP contribution is -2.64. The highest BCUT2D eigenvalue weighted by atomic mass is 31.3. The van der Waals surface area contributed by atoms with Gasteiger partial charge in [-0.1, -0.05) is 0 Å². The summed E-state index contributed by atoms with van der Waals surface area (Å²) in [6, 6.07) is -0.933. The van der Waals surface area contributed by atoms with E-state index in [1.165, 1.54) is 0 Å². The average Bonchev–Trinajstić information content (AvgIpc) is 3.14. The van der Waals surface area contributed by atoms with Crippen LogP contribution in [-0.4, -0.2) is 125 Å². The fourth-order valence-electron chi connectivity index (χ4n) is 3.75. The molecular weight excluding hydrogens is 596 g/mol. The molecule has 0 saturated carbocycles. The van der Waals surface area contributed by atoms with Crippen LogP contribution < -0.4 is 16.6 Å². The number of aliphatic hydroxyl groups is 6. The summed E-state index contributed by atoms with van der Waals surface area (Å²) in [5, 5.41) is 60.7. The summed E-state index contributed by atoms with van der Waals surface area (Å²) >= 11 is 0. The monoisotopic (exact) mass is 623 g/mol. The smallest absolute Gasteiger partial charge is 0.394 e. The molecule has 23 heteroatoms. The molecule has 0 spiro atoms. The first-order valence-corrected chi connectivity index (χ1v) is 14.1. The summed E-state index contributed by atoms with van der Waals surface area (Å²) < 4.78 is 49.1. The van der Waals surface area contributed by atoms with Crippen molar-refractivity contribution in [1.82, 2.24) is 14.9 Å². The number of carbonyl (C=O) groups is 1. The van der Waals surface area contributed by atoms with Crippen molar-refractivity contribution in [3.8, 4) is 0 Å². The maximum Gasteiger partial charge on any atom is 0.483 e. The Labute approximate surface area is 222 Å². The van der Waals surface area contributed by atoms with Crippen LogP contribution in [0.1, 0.15) is 6.23 Å². The van der Waals surface area contributed by atoms with E-state index in [0.717, 1.165) is 12.3 Å². The summed E-state index contributed by atoms with van der Waals surface area (Å²) in [5.41, 5.74) is -1.78. The normalized spacial score (nSPS) is 35.5. The van der Waals surface area contributed by atoms with Gasteiger partial charge < -0.3 is 55.2 Å². The molecule has 2 fully saturated rings. The highest BCUT2D eigenvalue weighted by molar-refractivity contribution is 7.61. The van der Waals surface area contributed by atoms with Crippen molar-refractivity contribution in [1.29, 1.82) is 0 Å². The lowest BCUT2D eigenvalue weighted by Gasteiger charge is -2.42. The molecule has 3 heterocycles. The van der Waals surface area contributed by atoms with E-state index in [0.29, 0.717) is 4.57 Å². The van der Waals surface area contributed by atoms with Crippen LogP contribution in [0.4, 0.5) is 0 Å². The van der Waals surface area contributed by atoms with Gasteiger partial charge >= 0.3 is 21.3 Å². The van der Waals surface area contributed by atoms with Crippen molar-refractivity contribution in [2.75, 3.05) is 19.8 Å². The molecule has 2 unspecified atom stereocenters. The molecule has 2 aliphatic heterocycles. The first kappa shape index (κ1) is 32.6. The summed E-state index contributed by atoms with van der Waals surface area (Å²) in [4.78, 5) is 56.6. The fourth-order valence-corrected chi connectivity index (χ4v) is 5.92. The number of nitrogens with zero attached hydrogens (tertiary/aromatic N) is 1. The molecule has 1 aromatic heterocycles. The third-order valence-corrected chi connectivity index (χ3v) is 8.26. The van der Waals surface area contributed by atoms with Gasteiger partial charge in [0.25, 0.3) is 5.56 Å². The molecule has 0 bridgehead atoms. The van der Waals surface area contributed by atoms with Crippen molar-refractivity contribution in [2.45, 2.75) is 55.2 Å². The van der Waals surface area contributed by atoms with Crippen LogP contribution in [0.3, 0.4) is 0 Å². The fraction of sp³-hybridized carbons (Fsp3) is 0.706. The lowest BCUT2D eigenvalue weighted by atomic mass is 9.97. The van der Waals surface area contributed by atoms with E-state index in [-0.39, 0.29) is 0 Å². The molecule has 11 atom stereocenters. The maximum atomic E-state index is 12.5. The van der Waals surface area contributed by atoms with Gasteiger partial charge in [-0.3, -0.25) is 28.2 Å². The van der Waals surface area contributed by atoms with Gasteiger partial charge in [0.05, 0.1) is 13.2 Å². The molecule has 2 saturated heterocycles. The number of amides is 1. The van der Waals surface area contributed by atoms with Crippen molar-refractivity contribution in [3.63, 3.8) is 0 Å². The predicted molar refractivity (Wildman–Crippen MR) is 122 cm³/mol. The Morgan fingerprint density at radius 2 is 1.65 bits per heavy atom. The second kappa shape index (κ2) is 12.9. The van der Waals surface area contributed by atoms with E-state index >= 15 is 0 Å². The van der Waals surface area contributed by atoms with Gasteiger partial charge in [-0.2, -0.15) is 4.31 Å². The van der Waals surface area contributed by atoms with E-state index in [4.69, 9.17) is 14.6 Å².